The minimum absolute atomic E-state index is 0.451. The Morgan fingerprint density at radius 3 is 2.24 bits per heavy atom. The van der Waals surface area contributed by atoms with Crippen molar-refractivity contribution in [1.82, 2.24) is 10.2 Å². The Labute approximate surface area is 133 Å². The zero-order valence-electron chi connectivity index (χ0n) is 14.8. The second kappa shape index (κ2) is 7.97. The van der Waals surface area contributed by atoms with Gasteiger partial charge in [-0.2, -0.15) is 0 Å². The maximum Gasteiger partial charge on any atom is 0.00474 e. The molecule has 1 spiro atoms. The van der Waals surface area contributed by atoms with Crippen LogP contribution in [0.15, 0.2) is 0 Å². The highest BCUT2D eigenvalue weighted by atomic mass is 15.1. The van der Waals surface area contributed by atoms with E-state index in [0.29, 0.717) is 5.41 Å². The highest BCUT2D eigenvalue weighted by Gasteiger charge is 2.36. The molecule has 2 rings (SSSR count). The fourth-order valence-electron chi connectivity index (χ4n) is 4.39. The summed E-state index contributed by atoms with van der Waals surface area (Å²) in [5.41, 5.74) is 1.20. The van der Waals surface area contributed by atoms with Crippen molar-refractivity contribution in [1.29, 1.82) is 0 Å². The first-order valence-corrected chi connectivity index (χ1v) is 9.54. The van der Waals surface area contributed by atoms with Crippen molar-refractivity contribution in [2.75, 3.05) is 32.7 Å². The zero-order chi connectivity index (χ0) is 15.2. The molecule has 124 valence electrons. The van der Waals surface area contributed by atoms with Crippen LogP contribution in [0.5, 0.6) is 0 Å². The molecule has 0 aromatic heterocycles. The standard InChI is InChI=1S/C19H38N2/c1-4-13-20-16-18(3,5-2)17-21-14-11-19(12-15-21)9-7-6-8-10-19/h20H,4-17H2,1-3H3. The van der Waals surface area contributed by atoms with Crippen LogP contribution in [0.2, 0.25) is 0 Å². The third-order valence-electron chi connectivity index (χ3n) is 6.27. The number of hydrogen-bond acceptors (Lipinski definition) is 2. The topological polar surface area (TPSA) is 15.3 Å². The van der Waals surface area contributed by atoms with Crippen LogP contribution >= 0.6 is 0 Å². The molecule has 2 aliphatic rings. The molecule has 21 heavy (non-hydrogen) atoms. The molecule has 1 aliphatic heterocycles. The maximum absolute atomic E-state index is 3.65. The third kappa shape index (κ3) is 4.96. The van der Waals surface area contributed by atoms with E-state index in [1.54, 1.807) is 0 Å². The Bertz CT molecular complexity index is 286. The summed E-state index contributed by atoms with van der Waals surface area (Å²) >= 11 is 0. The Kier molecular flexibility index (Phi) is 6.55. The van der Waals surface area contributed by atoms with E-state index in [1.807, 2.05) is 0 Å². The molecular weight excluding hydrogens is 256 g/mol. The fraction of sp³-hybridized carbons (Fsp3) is 1.00. The Morgan fingerprint density at radius 2 is 1.67 bits per heavy atom. The molecule has 2 heteroatoms. The van der Waals surface area contributed by atoms with Gasteiger partial charge in [0.2, 0.25) is 0 Å². The molecule has 0 bridgehead atoms. The molecule has 2 nitrogen and oxygen atoms in total. The van der Waals surface area contributed by atoms with E-state index < -0.39 is 0 Å². The van der Waals surface area contributed by atoms with E-state index in [0.717, 1.165) is 5.41 Å². The van der Waals surface area contributed by atoms with Crippen molar-refractivity contribution in [3.05, 3.63) is 0 Å². The van der Waals surface area contributed by atoms with Gasteiger partial charge in [-0.25, -0.2) is 0 Å². The van der Waals surface area contributed by atoms with Gasteiger partial charge in [-0.15, -0.1) is 0 Å². The summed E-state index contributed by atoms with van der Waals surface area (Å²) in [5.74, 6) is 0. The minimum atomic E-state index is 0.451. The van der Waals surface area contributed by atoms with Crippen molar-refractivity contribution in [3.8, 4) is 0 Å². The predicted molar refractivity (Wildman–Crippen MR) is 92.8 cm³/mol. The Balaban J connectivity index is 1.78. The summed E-state index contributed by atoms with van der Waals surface area (Å²) in [6, 6.07) is 0. The van der Waals surface area contributed by atoms with Crippen molar-refractivity contribution < 1.29 is 0 Å². The average molecular weight is 295 g/mol. The molecule has 0 aromatic carbocycles. The number of hydrogen-bond donors (Lipinski definition) is 1. The van der Waals surface area contributed by atoms with E-state index in [4.69, 9.17) is 0 Å². The van der Waals surface area contributed by atoms with Crippen LogP contribution in [0.3, 0.4) is 0 Å². The highest BCUT2D eigenvalue weighted by molar-refractivity contribution is 4.90. The van der Waals surface area contributed by atoms with Gasteiger partial charge in [-0.3, -0.25) is 0 Å². The minimum Gasteiger partial charge on any atom is -0.316 e. The molecule has 1 aliphatic carbocycles. The Morgan fingerprint density at radius 1 is 1.00 bits per heavy atom. The highest BCUT2D eigenvalue weighted by Crippen LogP contribution is 2.44. The van der Waals surface area contributed by atoms with E-state index in [1.165, 1.54) is 90.5 Å². The monoisotopic (exact) mass is 294 g/mol. The molecule has 1 saturated heterocycles. The van der Waals surface area contributed by atoms with Gasteiger partial charge in [-0.05, 0) is 69.0 Å². The largest absolute Gasteiger partial charge is 0.316 e. The van der Waals surface area contributed by atoms with Crippen LogP contribution in [-0.2, 0) is 0 Å². The molecule has 1 heterocycles. The van der Waals surface area contributed by atoms with Gasteiger partial charge in [0, 0.05) is 13.1 Å². The lowest BCUT2D eigenvalue weighted by atomic mass is 9.68. The first-order chi connectivity index (χ1) is 10.1. The fourth-order valence-corrected chi connectivity index (χ4v) is 4.39. The van der Waals surface area contributed by atoms with Crippen molar-refractivity contribution in [3.63, 3.8) is 0 Å². The SMILES string of the molecule is CCCNCC(C)(CC)CN1CCC2(CCCCC2)CC1. The van der Waals surface area contributed by atoms with Crippen LogP contribution in [0.1, 0.15) is 78.6 Å². The lowest BCUT2D eigenvalue weighted by Crippen LogP contribution is -2.47. The zero-order valence-corrected chi connectivity index (χ0v) is 14.8. The lowest BCUT2D eigenvalue weighted by Gasteiger charge is -2.46. The van der Waals surface area contributed by atoms with Crippen LogP contribution in [0.25, 0.3) is 0 Å². The number of nitrogens with zero attached hydrogens (tertiary/aromatic N) is 1. The molecule has 0 aromatic rings. The predicted octanol–water partition coefficient (Wildman–Crippen LogP) is 4.45. The van der Waals surface area contributed by atoms with E-state index in [2.05, 4.69) is 31.0 Å². The van der Waals surface area contributed by atoms with Crippen LogP contribution in [0, 0.1) is 10.8 Å². The second-order valence-corrected chi connectivity index (χ2v) is 8.18. The van der Waals surface area contributed by atoms with E-state index in [-0.39, 0.29) is 0 Å². The van der Waals surface area contributed by atoms with Gasteiger partial charge in [0.15, 0.2) is 0 Å². The summed E-state index contributed by atoms with van der Waals surface area (Å²) < 4.78 is 0. The smallest absolute Gasteiger partial charge is 0.00474 e. The number of rotatable bonds is 7. The van der Waals surface area contributed by atoms with Crippen LogP contribution < -0.4 is 5.32 Å². The van der Waals surface area contributed by atoms with Gasteiger partial charge in [0.1, 0.15) is 0 Å². The summed E-state index contributed by atoms with van der Waals surface area (Å²) in [6.07, 6.45) is 13.0. The van der Waals surface area contributed by atoms with Crippen molar-refractivity contribution in [2.24, 2.45) is 10.8 Å². The van der Waals surface area contributed by atoms with Crippen LogP contribution in [-0.4, -0.2) is 37.6 Å². The number of piperidine rings is 1. The first kappa shape index (κ1) is 17.3. The summed E-state index contributed by atoms with van der Waals surface area (Å²) in [6.45, 7) is 13.4. The van der Waals surface area contributed by atoms with E-state index >= 15 is 0 Å². The third-order valence-corrected chi connectivity index (χ3v) is 6.27. The normalized spacial score (nSPS) is 25.9. The molecule has 1 saturated carbocycles. The molecule has 0 radical (unpaired) electrons. The molecule has 1 N–H and O–H groups in total. The van der Waals surface area contributed by atoms with Gasteiger partial charge in [-0.1, -0.05) is 40.0 Å². The lowest BCUT2D eigenvalue weighted by molar-refractivity contribution is 0.0442. The first-order valence-electron chi connectivity index (χ1n) is 9.54. The second-order valence-electron chi connectivity index (χ2n) is 8.18. The van der Waals surface area contributed by atoms with Gasteiger partial charge in [0.25, 0.3) is 0 Å². The van der Waals surface area contributed by atoms with Crippen molar-refractivity contribution >= 4 is 0 Å². The van der Waals surface area contributed by atoms with Gasteiger partial charge < -0.3 is 10.2 Å². The number of nitrogens with one attached hydrogen (secondary N) is 1. The van der Waals surface area contributed by atoms with E-state index in [9.17, 15) is 0 Å². The Hall–Kier alpha value is -0.0800. The summed E-state index contributed by atoms with van der Waals surface area (Å²) in [5, 5.41) is 3.65. The molecule has 0 amide bonds. The van der Waals surface area contributed by atoms with Gasteiger partial charge >= 0.3 is 0 Å². The van der Waals surface area contributed by atoms with Crippen LogP contribution in [0.4, 0.5) is 0 Å². The quantitative estimate of drug-likeness (QED) is 0.698. The summed E-state index contributed by atoms with van der Waals surface area (Å²) in [4.78, 5) is 2.76. The number of likely N-dealkylation sites (tertiary alicyclic amines) is 1. The van der Waals surface area contributed by atoms with Crippen molar-refractivity contribution in [2.45, 2.75) is 78.6 Å². The molecule has 1 atom stereocenters. The van der Waals surface area contributed by atoms with Gasteiger partial charge in [0.05, 0.1) is 0 Å². The molecular formula is C19H38N2. The molecule has 1 unspecified atom stereocenters. The molecule has 2 fully saturated rings. The summed E-state index contributed by atoms with van der Waals surface area (Å²) in [7, 11) is 0. The maximum atomic E-state index is 3.65. The average Bonchev–Trinajstić information content (AvgIpc) is 2.51.